The summed E-state index contributed by atoms with van der Waals surface area (Å²) in [6.07, 6.45) is 1.16. The molecule has 0 radical (unpaired) electrons. The molecule has 0 aliphatic carbocycles. The number of aliphatic hydroxyl groups excluding tert-OH is 1. The molecular weight excluding hydrogens is 268 g/mol. The molecule has 0 saturated carbocycles. The molecule has 1 atom stereocenters. The van der Waals surface area contributed by atoms with Crippen LogP contribution in [0.4, 0.5) is 0 Å². The van der Waals surface area contributed by atoms with Gasteiger partial charge in [-0.25, -0.2) is 0 Å². The summed E-state index contributed by atoms with van der Waals surface area (Å²) < 4.78 is 16.4. The molecule has 1 N–H and O–H groups in total. The van der Waals surface area contributed by atoms with Crippen molar-refractivity contribution < 1.29 is 19.3 Å². The molecule has 120 valence electrons. The first-order chi connectivity index (χ1) is 9.98. The van der Waals surface area contributed by atoms with Crippen LogP contribution in [0.3, 0.4) is 0 Å². The van der Waals surface area contributed by atoms with E-state index in [1.165, 1.54) is 0 Å². The van der Waals surface area contributed by atoms with Gasteiger partial charge in [0, 0.05) is 13.7 Å². The van der Waals surface area contributed by atoms with Crippen molar-refractivity contribution >= 4 is 0 Å². The van der Waals surface area contributed by atoms with Gasteiger partial charge in [0.15, 0.2) is 0 Å². The Kier molecular flexibility index (Phi) is 7.72. The summed E-state index contributed by atoms with van der Waals surface area (Å²) in [6.45, 7) is 7.66. The van der Waals surface area contributed by atoms with Gasteiger partial charge in [0.25, 0.3) is 0 Å². The van der Waals surface area contributed by atoms with E-state index in [0.29, 0.717) is 13.2 Å². The Hall–Kier alpha value is -1.10. The third-order valence-electron chi connectivity index (χ3n) is 3.41. The summed E-state index contributed by atoms with van der Waals surface area (Å²) in [4.78, 5) is 0. The summed E-state index contributed by atoms with van der Waals surface area (Å²) in [5.41, 5.74) is 0.647. The normalized spacial score (nSPS) is 13.2. The highest BCUT2D eigenvalue weighted by atomic mass is 16.5. The van der Waals surface area contributed by atoms with Gasteiger partial charge in [-0.1, -0.05) is 19.1 Å². The molecule has 0 saturated heterocycles. The van der Waals surface area contributed by atoms with Crippen LogP contribution in [0.2, 0.25) is 0 Å². The second-order valence-electron chi connectivity index (χ2n) is 5.72. The molecule has 0 aliphatic rings. The van der Waals surface area contributed by atoms with Gasteiger partial charge >= 0.3 is 0 Å². The molecule has 0 aliphatic heterocycles. The van der Waals surface area contributed by atoms with E-state index in [1.54, 1.807) is 7.11 Å². The number of methoxy groups -OCH3 is 1. The molecule has 0 amide bonds. The lowest BCUT2D eigenvalue weighted by atomic mass is 10.1. The van der Waals surface area contributed by atoms with Crippen LogP contribution in [0.15, 0.2) is 24.3 Å². The number of hydrogen-bond donors (Lipinski definition) is 1. The fourth-order valence-electron chi connectivity index (χ4n) is 1.72. The van der Waals surface area contributed by atoms with Crippen molar-refractivity contribution in [2.75, 3.05) is 26.9 Å². The lowest BCUT2D eigenvalue weighted by Crippen LogP contribution is -2.25. The first-order valence-electron chi connectivity index (χ1n) is 7.52. The quantitative estimate of drug-likeness (QED) is 0.673. The third-order valence-corrected chi connectivity index (χ3v) is 3.41. The molecule has 21 heavy (non-hydrogen) atoms. The average molecular weight is 296 g/mol. The molecule has 1 rings (SSSR count). The van der Waals surface area contributed by atoms with Crippen molar-refractivity contribution in [3.8, 4) is 5.75 Å². The second kappa shape index (κ2) is 9.03. The minimum atomic E-state index is -0.615. The molecular formula is C17H28O4. The maximum atomic E-state index is 10.1. The Balaban J connectivity index is 2.33. The van der Waals surface area contributed by atoms with Gasteiger partial charge in [-0.05, 0) is 44.4 Å². The van der Waals surface area contributed by atoms with E-state index in [4.69, 9.17) is 14.2 Å². The lowest BCUT2D eigenvalue weighted by Gasteiger charge is -2.22. The summed E-state index contributed by atoms with van der Waals surface area (Å²) in [6, 6.07) is 7.50. The minimum absolute atomic E-state index is 0.191. The Morgan fingerprint density at radius 3 is 2.38 bits per heavy atom. The van der Waals surface area contributed by atoms with Gasteiger partial charge < -0.3 is 19.3 Å². The highest BCUT2D eigenvalue weighted by Gasteiger charge is 2.16. The first-order valence-corrected chi connectivity index (χ1v) is 7.52. The van der Waals surface area contributed by atoms with E-state index in [0.717, 1.165) is 24.2 Å². The molecule has 1 aromatic rings. The molecule has 4 nitrogen and oxygen atoms in total. The summed E-state index contributed by atoms with van der Waals surface area (Å²) in [5.74, 6) is 0.829. The monoisotopic (exact) mass is 296 g/mol. The highest BCUT2D eigenvalue weighted by molar-refractivity contribution is 5.28. The zero-order valence-corrected chi connectivity index (χ0v) is 13.6. The average Bonchev–Trinajstić information content (AvgIpc) is 2.50. The van der Waals surface area contributed by atoms with Crippen LogP contribution in [0.1, 0.15) is 45.3 Å². The van der Waals surface area contributed by atoms with Crippen molar-refractivity contribution in [2.24, 2.45) is 0 Å². The van der Waals surface area contributed by atoms with E-state index in [2.05, 4.69) is 6.92 Å². The molecule has 0 aromatic heterocycles. The van der Waals surface area contributed by atoms with Crippen LogP contribution < -0.4 is 4.74 Å². The maximum absolute atomic E-state index is 10.1. The lowest BCUT2D eigenvalue weighted by molar-refractivity contribution is -0.0249. The molecule has 4 heteroatoms. The van der Waals surface area contributed by atoms with Crippen molar-refractivity contribution in [1.29, 1.82) is 0 Å². The van der Waals surface area contributed by atoms with Gasteiger partial charge in [0.05, 0.1) is 18.8 Å². The summed E-state index contributed by atoms with van der Waals surface area (Å²) in [5, 5.41) is 10.1. The van der Waals surface area contributed by atoms with Crippen LogP contribution in [0.25, 0.3) is 0 Å². The van der Waals surface area contributed by atoms with Crippen molar-refractivity contribution in [3.05, 3.63) is 29.8 Å². The molecule has 1 aromatic carbocycles. The van der Waals surface area contributed by atoms with E-state index >= 15 is 0 Å². The van der Waals surface area contributed by atoms with Crippen LogP contribution in [0.5, 0.6) is 5.75 Å². The van der Waals surface area contributed by atoms with Crippen molar-refractivity contribution in [3.63, 3.8) is 0 Å². The predicted octanol–water partition coefficient (Wildman–Crippen LogP) is 3.34. The number of aliphatic hydroxyl groups is 1. The molecule has 0 bridgehead atoms. The van der Waals surface area contributed by atoms with Crippen LogP contribution in [0, 0.1) is 0 Å². The third kappa shape index (κ3) is 6.93. The van der Waals surface area contributed by atoms with Gasteiger partial charge in [0.2, 0.25) is 0 Å². The standard InChI is InChI=1S/C17H28O4/c1-5-11-21-15-8-6-14(7-9-15)16(18)13-20-12-10-17(2,3)19-4/h6-9,16,18H,5,10-13H2,1-4H3. The SMILES string of the molecule is CCCOc1ccc(C(O)COCCC(C)(C)OC)cc1. The van der Waals surface area contributed by atoms with E-state index in [1.807, 2.05) is 38.1 Å². The van der Waals surface area contributed by atoms with Gasteiger partial charge in [-0.2, -0.15) is 0 Å². The second-order valence-corrected chi connectivity index (χ2v) is 5.72. The van der Waals surface area contributed by atoms with Crippen molar-refractivity contribution in [2.45, 2.75) is 45.3 Å². The number of rotatable bonds is 10. The smallest absolute Gasteiger partial charge is 0.119 e. The van der Waals surface area contributed by atoms with Crippen LogP contribution in [-0.4, -0.2) is 37.6 Å². The topological polar surface area (TPSA) is 47.9 Å². The Morgan fingerprint density at radius 1 is 1.14 bits per heavy atom. The summed E-state index contributed by atoms with van der Waals surface area (Å²) in [7, 11) is 1.69. The van der Waals surface area contributed by atoms with E-state index in [9.17, 15) is 5.11 Å². The number of ether oxygens (including phenoxy) is 3. The Bertz CT molecular complexity index is 386. The van der Waals surface area contributed by atoms with Gasteiger partial charge in [-0.15, -0.1) is 0 Å². The zero-order chi connectivity index (χ0) is 15.7. The van der Waals surface area contributed by atoms with E-state index in [-0.39, 0.29) is 12.2 Å². The van der Waals surface area contributed by atoms with Crippen LogP contribution >= 0.6 is 0 Å². The maximum Gasteiger partial charge on any atom is 0.119 e. The van der Waals surface area contributed by atoms with Crippen molar-refractivity contribution in [1.82, 2.24) is 0 Å². The summed E-state index contributed by atoms with van der Waals surface area (Å²) >= 11 is 0. The van der Waals surface area contributed by atoms with Gasteiger partial charge in [0.1, 0.15) is 11.9 Å². The Morgan fingerprint density at radius 2 is 1.81 bits per heavy atom. The Labute approximate surface area is 128 Å². The fraction of sp³-hybridized carbons (Fsp3) is 0.647. The van der Waals surface area contributed by atoms with Crippen LogP contribution in [-0.2, 0) is 9.47 Å². The number of hydrogen-bond acceptors (Lipinski definition) is 4. The minimum Gasteiger partial charge on any atom is -0.494 e. The fourth-order valence-corrected chi connectivity index (χ4v) is 1.72. The molecule has 0 heterocycles. The zero-order valence-electron chi connectivity index (χ0n) is 13.6. The number of benzene rings is 1. The highest BCUT2D eigenvalue weighted by Crippen LogP contribution is 2.19. The molecule has 0 spiro atoms. The van der Waals surface area contributed by atoms with Gasteiger partial charge in [-0.3, -0.25) is 0 Å². The first kappa shape index (κ1) is 18.0. The largest absolute Gasteiger partial charge is 0.494 e. The predicted molar refractivity (Wildman–Crippen MR) is 83.7 cm³/mol. The van der Waals surface area contributed by atoms with E-state index < -0.39 is 6.10 Å². The molecule has 0 fully saturated rings. The molecule has 1 unspecified atom stereocenters.